The van der Waals surface area contributed by atoms with E-state index < -0.39 is 0 Å². The van der Waals surface area contributed by atoms with Crippen molar-refractivity contribution in [2.75, 3.05) is 18.4 Å². The number of amides is 1. The highest BCUT2D eigenvalue weighted by Gasteiger charge is 2.20. The summed E-state index contributed by atoms with van der Waals surface area (Å²) < 4.78 is 7.12. The summed E-state index contributed by atoms with van der Waals surface area (Å²) in [7, 11) is 0. The van der Waals surface area contributed by atoms with E-state index in [-0.39, 0.29) is 23.3 Å². The number of benzene rings is 2. The standard InChI is InChI=1S/C24H25ClN4O3/c1-16(2)32-21-15-26-29(20-10-8-18(25)9-11-20)24(31)22(21)27-19-7-5-6-17(14-19)23(30)28-12-3-4-13-28/h5-11,14-16,27H,3-4,12-13H2,1-2H3. The fraction of sp³-hybridized carbons (Fsp3) is 0.292. The molecule has 0 spiro atoms. The van der Waals surface area contributed by atoms with Crippen molar-refractivity contribution in [1.82, 2.24) is 14.7 Å². The monoisotopic (exact) mass is 452 g/mol. The van der Waals surface area contributed by atoms with Crippen molar-refractivity contribution >= 4 is 28.9 Å². The van der Waals surface area contributed by atoms with Crippen LogP contribution in [0.1, 0.15) is 37.0 Å². The summed E-state index contributed by atoms with van der Waals surface area (Å²) in [6.45, 7) is 5.31. The molecule has 4 rings (SSSR count). The molecule has 0 aliphatic carbocycles. The summed E-state index contributed by atoms with van der Waals surface area (Å²) in [5.41, 5.74) is 1.65. The molecule has 166 valence electrons. The van der Waals surface area contributed by atoms with E-state index in [2.05, 4.69) is 10.4 Å². The van der Waals surface area contributed by atoms with Gasteiger partial charge in [0.05, 0.1) is 18.0 Å². The molecule has 1 amide bonds. The number of nitrogens with zero attached hydrogens (tertiary/aromatic N) is 3. The van der Waals surface area contributed by atoms with E-state index in [1.54, 1.807) is 42.5 Å². The third kappa shape index (κ3) is 4.78. The van der Waals surface area contributed by atoms with Gasteiger partial charge in [0.2, 0.25) is 0 Å². The molecule has 0 unspecified atom stereocenters. The van der Waals surface area contributed by atoms with Gasteiger partial charge in [-0.1, -0.05) is 17.7 Å². The van der Waals surface area contributed by atoms with Gasteiger partial charge < -0.3 is 15.0 Å². The Morgan fingerprint density at radius 2 is 1.84 bits per heavy atom. The first-order valence-corrected chi connectivity index (χ1v) is 11.0. The smallest absolute Gasteiger partial charge is 0.299 e. The van der Waals surface area contributed by atoms with Crippen LogP contribution in [0.25, 0.3) is 5.69 Å². The van der Waals surface area contributed by atoms with Crippen molar-refractivity contribution in [2.24, 2.45) is 0 Å². The van der Waals surface area contributed by atoms with Crippen molar-refractivity contribution in [1.29, 1.82) is 0 Å². The average molecular weight is 453 g/mol. The lowest BCUT2D eigenvalue weighted by Gasteiger charge is -2.18. The molecule has 1 aliphatic rings. The molecule has 32 heavy (non-hydrogen) atoms. The first-order chi connectivity index (χ1) is 15.4. The zero-order valence-corrected chi connectivity index (χ0v) is 18.8. The van der Waals surface area contributed by atoms with Crippen LogP contribution in [0, 0.1) is 0 Å². The van der Waals surface area contributed by atoms with Crippen LogP contribution in [0.5, 0.6) is 5.75 Å². The van der Waals surface area contributed by atoms with E-state index in [0.29, 0.717) is 27.7 Å². The summed E-state index contributed by atoms with van der Waals surface area (Å²) in [6.07, 6.45) is 3.42. The fourth-order valence-corrected chi connectivity index (χ4v) is 3.77. The van der Waals surface area contributed by atoms with E-state index in [1.807, 2.05) is 24.8 Å². The van der Waals surface area contributed by atoms with E-state index >= 15 is 0 Å². The Balaban J connectivity index is 1.71. The Morgan fingerprint density at radius 1 is 1.12 bits per heavy atom. The molecule has 7 nitrogen and oxygen atoms in total. The molecule has 2 aromatic carbocycles. The molecule has 3 aromatic rings. The maximum atomic E-state index is 13.3. The second kappa shape index (κ2) is 9.44. The maximum Gasteiger partial charge on any atom is 0.299 e. The minimum absolute atomic E-state index is 0.00175. The highest BCUT2D eigenvalue weighted by atomic mass is 35.5. The number of halogens is 1. The molecule has 1 fully saturated rings. The molecule has 0 radical (unpaired) electrons. The third-order valence-electron chi connectivity index (χ3n) is 5.15. The van der Waals surface area contributed by atoms with Gasteiger partial charge in [-0.3, -0.25) is 9.59 Å². The molecule has 1 saturated heterocycles. The van der Waals surface area contributed by atoms with Gasteiger partial charge in [0, 0.05) is 29.4 Å². The topological polar surface area (TPSA) is 76.5 Å². The number of ether oxygens (including phenoxy) is 1. The van der Waals surface area contributed by atoms with Gasteiger partial charge in [-0.2, -0.15) is 9.78 Å². The molecule has 1 aliphatic heterocycles. The van der Waals surface area contributed by atoms with Crippen molar-refractivity contribution in [3.05, 3.63) is 75.7 Å². The van der Waals surface area contributed by atoms with Crippen molar-refractivity contribution < 1.29 is 9.53 Å². The zero-order valence-electron chi connectivity index (χ0n) is 18.0. The lowest BCUT2D eigenvalue weighted by molar-refractivity contribution is 0.0793. The Labute approximate surface area is 191 Å². The van der Waals surface area contributed by atoms with Crippen LogP contribution in [0.3, 0.4) is 0 Å². The molecule has 1 N–H and O–H groups in total. The molecular formula is C24H25ClN4O3. The van der Waals surface area contributed by atoms with Crippen molar-refractivity contribution in [2.45, 2.75) is 32.8 Å². The SMILES string of the molecule is CC(C)Oc1cnn(-c2ccc(Cl)cc2)c(=O)c1Nc1cccc(C(=O)N2CCCC2)c1. The number of rotatable bonds is 6. The number of aromatic nitrogens is 2. The summed E-state index contributed by atoms with van der Waals surface area (Å²) in [5.74, 6) is 0.338. The van der Waals surface area contributed by atoms with Crippen molar-refractivity contribution in [3.63, 3.8) is 0 Å². The van der Waals surface area contributed by atoms with Gasteiger partial charge in [-0.25, -0.2) is 0 Å². The number of nitrogens with one attached hydrogen (secondary N) is 1. The summed E-state index contributed by atoms with van der Waals surface area (Å²) >= 11 is 5.98. The minimum atomic E-state index is -0.373. The molecule has 0 bridgehead atoms. The first kappa shape index (κ1) is 21.9. The van der Waals surface area contributed by atoms with Crippen LogP contribution >= 0.6 is 11.6 Å². The number of hydrogen-bond acceptors (Lipinski definition) is 5. The zero-order chi connectivity index (χ0) is 22.7. The minimum Gasteiger partial charge on any atom is -0.487 e. The molecular weight excluding hydrogens is 428 g/mol. The van der Waals surface area contributed by atoms with E-state index in [4.69, 9.17) is 16.3 Å². The molecule has 1 aromatic heterocycles. The quantitative estimate of drug-likeness (QED) is 0.589. The average Bonchev–Trinajstić information content (AvgIpc) is 3.31. The first-order valence-electron chi connectivity index (χ1n) is 10.6. The Hall–Kier alpha value is -3.32. The van der Waals surface area contributed by atoms with E-state index in [1.165, 1.54) is 10.9 Å². The Kier molecular flexibility index (Phi) is 6.46. The molecule has 0 atom stereocenters. The number of hydrogen-bond donors (Lipinski definition) is 1. The molecule has 8 heteroatoms. The largest absolute Gasteiger partial charge is 0.487 e. The van der Waals surface area contributed by atoms with Crippen LogP contribution in [0.2, 0.25) is 5.02 Å². The van der Waals surface area contributed by atoms with Crippen LogP contribution in [0.15, 0.2) is 59.5 Å². The maximum absolute atomic E-state index is 13.3. The fourth-order valence-electron chi connectivity index (χ4n) is 3.64. The predicted octanol–water partition coefficient (Wildman–Crippen LogP) is 4.65. The van der Waals surface area contributed by atoms with Crippen LogP contribution < -0.4 is 15.6 Å². The van der Waals surface area contributed by atoms with E-state index in [0.717, 1.165) is 25.9 Å². The number of likely N-dealkylation sites (tertiary alicyclic amines) is 1. The Morgan fingerprint density at radius 3 is 2.53 bits per heavy atom. The molecule has 2 heterocycles. The normalized spacial score (nSPS) is 13.4. The van der Waals surface area contributed by atoms with Crippen molar-refractivity contribution in [3.8, 4) is 11.4 Å². The van der Waals surface area contributed by atoms with Gasteiger partial charge >= 0.3 is 0 Å². The second-order valence-electron chi connectivity index (χ2n) is 7.95. The van der Waals surface area contributed by atoms with Crippen LogP contribution in [0.4, 0.5) is 11.4 Å². The van der Waals surface area contributed by atoms with Crippen LogP contribution in [-0.4, -0.2) is 39.8 Å². The number of anilines is 2. The summed E-state index contributed by atoms with van der Waals surface area (Å²) in [6, 6.07) is 14.0. The van der Waals surface area contributed by atoms with Gasteiger partial charge in [0.25, 0.3) is 11.5 Å². The second-order valence-corrected chi connectivity index (χ2v) is 8.39. The van der Waals surface area contributed by atoms with Gasteiger partial charge in [-0.15, -0.1) is 0 Å². The Bertz CT molecular complexity index is 1170. The van der Waals surface area contributed by atoms with Gasteiger partial charge in [-0.05, 0) is 69.2 Å². The summed E-state index contributed by atoms with van der Waals surface area (Å²) in [5, 5.41) is 7.99. The lowest BCUT2D eigenvalue weighted by Crippen LogP contribution is -2.27. The van der Waals surface area contributed by atoms with Gasteiger partial charge in [0.1, 0.15) is 0 Å². The number of carbonyl (C=O) groups excluding carboxylic acids is 1. The van der Waals surface area contributed by atoms with Gasteiger partial charge in [0.15, 0.2) is 11.4 Å². The highest BCUT2D eigenvalue weighted by molar-refractivity contribution is 6.30. The number of carbonyl (C=O) groups is 1. The van der Waals surface area contributed by atoms with Crippen LogP contribution in [-0.2, 0) is 0 Å². The third-order valence-corrected chi connectivity index (χ3v) is 5.40. The predicted molar refractivity (Wildman–Crippen MR) is 125 cm³/mol. The lowest BCUT2D eigenvalue weighted by atomic mass is 10.1. The molecule has 0 saturated carbocycles. The summed E-state index contributed by atoms with van der Waals surface area (Å²) in [4.78, 5) is 28.0. The highest BCUT2D eigenvalue weighted by Crippen LogP contribution is 2.26. The van der Waals surface area contributed by atoms with E-state index in [9.17, 15) is 9.59 Å².